The number of thiazole rings is 1. The van der Waals surface area contributed by atoms with Crippen molar-refractivity contribution in [2.45, 2.75) is 0 Å². The van der Waals surface area contributed by atoms with E-state index in [1.54, 1.807) is 12.1 Å². The molecular weight excluding hydrogens is 301 g/mol. The highest BCUT2D eigenvalue weighted by atomic mass is 32.1. The molecule has 1 heterocycles. The van der Waals surface area contributed by atoms with Crippen molar-refractivity contribution >= 4 is 28.1 Å². The number of rotatable bonds is 3. The van der Waals surface area contributed by atoms with E-state index in [1.807, 2.05) is 23.6 Å². The predicted molar refractivity (Wildman–Crippen MR) is 86.3 cm³/mol. The smallest absolute Gasteiger partial charge is 0.257 e. The molecule has 1 aromatic heterocycles. The number of nitrogens with zero attached hydrogens (tertiary/aromatic N) is 1. The molecule has 6 heteroatoms. The van der Waals surface area contributed by atoms with Gasteiger partial charge in [0.25, 0.3) is 5.91 Å². The zero-order chi connectivity index (χ0) is 15.5. The van der Waals surface area contributed by atoms with Gasteiger partial charge >= 0.3 is 0 Å². The minimum Gasteiger partial charge on any atom is -0.399 e. The molecule has 0 fully saturated rings. The highest BCUT2D eigenvalue weighted by Gasteiger charge is 2.10. The summed E-state index contributed by atoms with van der Waals surface area (Å²) in [5, 5.41) is 4.94. The van der Waals surface area contributed by atoms with Gasteiger partial charge in [0.05, 0.1) is 5.69 Å². The summed E-state index contributed by atoms with van der Waals surface area (Å²) < 4.78 is 13.1. The van der Waals surface area contributed by atoms with Crippen LogP contribution in [0.2, 0.25) is 0 Å². The Bertz CT molecular complexity index is 832. The molecule has 4 nitrogen and oxygen atoms in total. The van der Waals surface area contributed by atoms with Crippen LogP contribution >= 0.6 is 11.3 Å². The summed E-state index contributed by atoms with van der Waals surface area (Å²) in [5.41, 5.74) is 8.25. The summed E-state index contributed by atoms with van der Waals surface area (Å²) in [6, 6.07) is 12.9. The number of halogens is 1. The summed E-state index contributed by atoms with van der Waals surface area (Å²) in [4.78, 5) is 16.4. The van der Waals surface area contributed by atoms with Gasteiger partial charge in [-0.2, -0.15) is 0 Å². The summed E-state index contributed by atoms with van der Waals surface area (Å²) in [6.07, 6.45) is 0. The van der Waals surface area contributed by atoms with E-state index in [0.717, 1.165) is 11.3 Å². The largest absolute Gasteiger partial charge is 0.399 e. The Balaban J connectivity index is 1.78. The van der Waals surface area contributed by atoms with Gasteiger partial charge in [-0.1, -0.05) is 18.2 Å². The molecule has 0 saturated heterocycles. The molecule has 3 aromatic rings. The lowest BCUT2D eigenvalue weighted by Crippen LogP contribution is -2.11. The second-order valence-corrected chi connectivity index (χ2v) is 5.49. The molecule has 22 heavy (non-hydrogen) atoms. The van der Waals surface area contributed by atoms with E-state index in [4.69, 9.17) is 5.73 Å². The number of hydrogen-bond donors (Lipinski definition) is 2. The molecule has 0 bridgehead atoms. The number of nitrogens with one attached hydrogen (secondary N) is 1. The molecule has 0 radical (unpaired) electrons. The van der Waals surface area contributed by atoms with Gasteiger partial charge in [0, 0.05) is 22.2 Å². The fourth-order valence-electron chi connectivity index (χ4n) is 1.96. The number of carbonyl (C=O) groups is 1. The van der Waals surface area contributed by atoms with Crippen molar-refractivity contribution in [3.05, 3.63) is 65.3 Å². The number of benzene rings is 2. The van der Waals surface area contributed by atoms with E-state index in [0.29, 0.717) is 10.8 Å². The number of amides is 1. The SMILES string of the molecule is Nc1cccc(-c2csc(NC(=O)c3cccc(F)c3)n2)c1. The van der Waals surface area contributed by atoms with Gasteiger partial charge in [-0.25, -0.2) is 9.37 Å². The first-order valence-corrected chi connectivity index (χ1v) is 7.38. The number of nitrogen functional groups attached to an aromatic ring is 1. The summed E-state index contributed by atoms with van der Waals surface area (Å²) in [5.74, 6) is -0.847. The lowest BCUT2D eigenvalue weighted by molar-refractivity contribution is 0.102. The maximum atomic E-state index is 13.1. The molecule has 1 amide bonds. The lowest BCUT2D eigenvalue weighted by atomic mass is 10.1. The van der Waals surface area contributed by atoms with Crippen molar-refractivity contribution < 1.29 is 9.18 Å². The third-order valence-corrected chi connectivity index (χ3v) is 3.75. The van der Waals surface area contributed by atoms with Gasteiger partial charge in [0.2, 0.25) is 0 Å². The van der Waals surface area contributed by atoms with Crippen LogP contribution in [0.4, 0.5) is 15.2 Å². The molecule has 3 rings (SSSR count). The van der Waals surface area contributed by atoms with E-state index in [2.05, 4.69) is 10.3 Å². The molecule has 110 valence electrons. The van der Waals surface area contributed by atoms with Gasteiger partial charge in [0.1, 0.15) is 5.82 Å². The second-order valence-electron chi connectivity index (χ2n) is 4.63. The monoisotopic (exact) mass is 313 g/mol. The zero-order valence-electron chi connectivity index (χ0n) is 11.4. The standard InChI is InChI=1S/C16H12FN3OS/c17-12-5-1-4-11(7-12)15(21)20-16-19-14(9-22-16)10-3-2-6-13(18)8-10/h1-9H,18H2,(H,19,20,21). The van der Waals surface area contributed by atoms with Crippen molar-refractivity contribution in [1.29, 1.82) is 0 Å². The molecule has 0 atom stereocenters. The number of nitrogens with two attached hydrogens (primary N) is 1. The average molecular weight is 313 g/mol. The number of carbonyl (C=O) groups excluding carboxylic acids is 1. The Morgan fingerprint density at radius 2 is 2.00 bits per heavy atom. The molecular formula is C16H12FN3OS. The molecule has 0 aliphatic carbocycles. The predicted octanol–water partition coefficient (Wildman–Crippen LogP) is 3.78. The fraction of sp³-hybridized carbons (Fsp3) is 0. The topological polar surface area (TPSA) is 68.0 Å². The lowest BCUT2D eigenvalue weighted by Gasteiger charge is -2.01. The van der Waals surface area contributed by atoms with Crippen LogP contribution in [0.15, 0.2) is 53.9 Å². The summed E-state index contributed by atoms with van der Waals surface area (Å²) in [6.45, 7) is 0. The minimum atomic E-state index is -0.452. The van der Waals surface area contributed by atoms with Crippen molar-refractivity contribution in [2.24, 2.45) is 0 Å². The van der Waals surface area contributed by atoms with Crippen LogP contribution in [0.25, 0.3) is 11.3 Å². The van der Waals surface area contributed by atoms with Crippen LogP contribution in [0.1, 0.15) is 10.4 Å². The van der Waals surface area contributed by atoms with Gasteiger partial charge in [-0.05, 0) is 30.3 Å². The Hall–Kier alpha value is -2.73. The van der Waals surface area contributed by atoms with E-state index >= 15 is 0 Å². The maximum absolute atomic E-state index is 13.1. The zero-order valence-corrected chi connectivity index (χ0v) is 12.2. The maximum Gasteiger partial charge on any atom is 0.257 e. The Labute approximate surface area is 130 Å². The third kappa shape index (κ3) is 3.12. The average Bonchev–Trinajstić information content (AvgIpc) is 2.96. The van der Waals surface area contributed by atoms with Crippen molar-refractivity contribution in [1.82, 2.24) is 4.98 Å². The van der Waals surface area contributed by atoms with Crippen LogP contribution in [-0.2, 0) is 0 Å². The summed E-state index contributed by atoms with van der Waals surface area (Å²) in [7, 11) is 0. The molecule has 0 aliphatic rings. The van der Waals surface area contributed by atoms with Crippen molar-refractivity contribution in [3.8, 4) is 11.3 Å². The Morgan fingerprint density at radius 3 is 2.77 bits per heavy atom. The molecule has 2 aromatic carbocycles. The summed E-state index contributed by atoms with van der Waals surface area (Å²) >= 11 is 1.30. The number of anilines is 2. The van der Waals surface area contributed by atoms with Gasteiger partial charge < -0.3 is 5.73 Å². The van der Waals surface area contributed by atoms with Gasteiger partial charge in [-0.15, -0.1) is 11.3 Å². The van der Waals surface area contributed by atoms with Gasteiger partial charge in [-0.3, -0.25) is 10.1 Å². The van der Waals surface area contributed by atoms with E-state index in [-0.39, 0.29) is 5.56 Å². The number of hydrogen-bond acceptors (Lipinski definition) is 4. The second kappa shape index (κ2) is 5.95. The highest BCUT2D eigenvalue weighted by Crippen LogP contribution is 2.26. The van der Waals surface area contributed by atoms with E-state index in [9.17, 15) is 9.18 Å². The van der Waals surface area contributed by atoms with Crippen LogP contribution in [0.5, 0.6) is 0 Å². The fourth-order valence-corrected chi connectivity index (χ4v) is 2.68. The van der Waals surface area contributed by atoms with Crippen LogP contribution in [-0.4, -0.2) is 10.9 Å². The highest BCUT2D eigenvalue weighted by molar-refractivity contribution is 7.14. The quantitative estimate of drug-likeness (QED) is 0.723. The molecule has 0 aliphatic heterocycles. The Morgan fingerprint density at radius 1 is 1.18 bits per heavy atom. The van der Waals surface area contributed by atoms with E-state index in [1.165, 1.54) is 29.5 Å². The Kier molecular flexibility index (Phi) is 3.84. The van der Waals surface area contributed by atoms with Crippen molar-refractivity contribution in [3.63, 3.8) is 0 Å². The molecule has 0 unspecified atom stereocenters. The van der Waals surface area contributed by atoms with Crippen molar-refractivity contribution in [2.75, 3.05) is 11.1 Å². The third-order valence-electron chi connectivity index (χ3n) is 2.99. The van der Waals surface area contributed by atoms with Gasteiger partial charge in [0.15, 0.2) is 5.13 Å². The first-order chi connectivity index (χ1) is 10.6. The van der Waals surface area contributed by atoms with E-state index < -0.39 is 11.7 Å². The van der Waals surface area contributed by atoms with Crippen LogP contribution < -0.4 is 11.1 Å². The number of aromatic nitrogens is 1. The minimum absolute atomic E-state index is 0.251. The first-order valence-electron chi connectivity index (χ1n) is 6.50. The molecule has 0 saturated carbocycles. The van der Waals surface area contributed by atoms with Crippen LogP contribution in [0.3, 0.4) is 0 Å². The van der Waals surface area contributed by atoms with Crippen LogP contribution in [0, 0.1) is 5.82 Å². The first kappa shape index (κ1) is 14.2. The normalized spacial score (nSPS) is 10.4. The molecule has 0 spiro atoms. The molecule has 3 N–H and O–H groups in total.